The van der Waals surface area contributed by atoms with Gasteiger partial charge in [-0.15, -0.1) is 0 Å². The number of halogens is 1. The fourth-order valence-corrected chi connectivity index (χ4v) is 4.13. The molecule has 8 heteroatoms. The van der Waals surface area contributed by atoms with Crippen LogP contribution in [0, 0.1) is 0 Å². The van der Waals surface area contributed by atoms with E-state index < -0.39 is 0 Å². The Morgan fingerprint density at radius 1 is 1.21 bits per heavy atom. The SMILES string of the molecule is CC1CCCCN1C(=O)CN1CCN(c2nc(-c3cccc(Cl)c3)no2)CC1. The molecule has 4 rings (SSSR count). The number of carbonyl (C=O) groups is 1. The molecule has 150 valence electrons. The number of benzene rings is 1. The van der Waals surface area contributed by atoms with Crippen molar-refractivity contribution in [3.8, 4) is 11.4 Å². The third-order valence-electron chi connectivity index (χ3n) is 5.62. The standard InChI is InChI=1S/C20H26ClN5O2/c1-15-5-2-3-8-26(15)18(27)14-24-9-11-25(12-10-24)20-22-19(23-28-20)16-6-4-7-17(21)13-16/h4,6-7,13,15H,2-3,5,8-12,14H2,1H3. The van der Waals surface area contributed by atoms with Crippen LogP contribution in [0.5, 0.6) is 0 Å². The summed E-state index contributed by atoms with van der Waals surface area (Å²) in [4.78, 5) is 23.5. The number of likely N-dealkylation sites (tertiary alicyclic amines) is 1. The molecule has 0 saturated carbocycles. The normalized spacial score (nSPS) is 21.1. The highest BCUT2D eigenvalue weighted by Crippen LogP contribution is 2.23. The van der Waals surface area contributed by atoms with Gasteiger partial charge in [-0.2, -0.15) is 4.98 Å². The predicted octanol–water partition coefficient (Wildman–Crippen LogP) is 2.91. The molecule has 2 saturated heterocycles. The van der Waals surface area contributed by atoms with E-state index in [9.17, 15) is 4.79 Å². The van der Waals surface area contributed by atoms with E-state index in [2.05, 4.69) is 26.9 Å². The number of hydrogen-bond donors (Lipinski definition) is 0. The monoisotopic (exact) mass is 403 g/mol. The van der Waals surface area contributed by atoms with Crippen molar-refractivity contribution in [1.82, 2.24) is 19.9 Å². The summed E-state index contributed by atoms with van der Waals surface area (Å²) in [6.45, 7) is 6.69. The van der Waals surface area contributed by atoms with Crippen LogP contribution < -0.4 is 4.90 Å². The van der Waals surface area contributed by atoms with Crippen molar-refractivity contribution in [3.63, 3.8) is 0 Å². The molecule has 2 aromatic rings. The molecule has 0 N–H and O–H groups in total. The third kappa shape index (κ3) is 4.31. The van der Waals surface area contributed by atoms with Crippen molar-refractivity contribution < 1.29 is 9.32 Å². The first-order valence-electron chi connectivity index (χ1n) is 9.96. The molecular weight excluding hydrogens is 378 g/mol. The lowest BCUT2D eigenvalue weighted by Crippen LogP contribution is -2.52. The van der Waals surface area contributed by atoms with Gasteiger partial charge in [0.05, 0.1) is 6.54 Å². The van der Waals surface area contributed by atoms with E-state index in [1.165, 1.54) is 6.42 Å². The lowest BCUT2D eigenvalue weighted by molar-refractivity contribution is -0.135. The van der Waals surface area contributed by atoms with Crippen molar-refractivity contribution in [3.05, 3.63) is 29.3 Å². The summed E-state index contributed by atoms with van der Waals surface area (Å²) in [7, 11) is 0. The Bertz CT molecular complexity index is 818. The molecule has 1 unspecified atom stereocenters. The Morgan fingerprint density at radius 2 is 2.04 bits per heavy atom. The minimum atomic E-state index is 0.252. The first kappa shape index (κ1) is 19.2. The number of carbonyl (C=O) groups excluding carboxylic acids is 1. The fraction of sp³-hybridized carbons (Fsp3) is 0.550. The zero-order chi connectivity index (χ0) is 19.5. The number of rotatable bonds is 4. The van der Waals surface area contributed by atoms with E-state index in [1.54, 1.807) is 0 Å². The van der Waals surface area contributed by atoms with E-state index in [0.717, 1.165) is 51.1 Å². The summed E-state index contributed by atoms with van der Waals surface area (Å²) in [6.07, 6.45) is 3.46. The van der Waals surface area contributed by atoms with Crippen LogP contribution in [-0.4, -0.2) is 71.2 Å². The van der Waals surface area contributed by atoms with Crippen LogP contribution in [-0.2, 0) is 4.79 Å². The van der Waals surface area contributed by atoms with Gasteiger partial charge in [0.15, 0.2) is 0 Å². The molecule has 2 fully saturated rings. The topological polar surface area (TPSA) is 65.7 Å². The van der Waals surface area contributed by atoms with Crippen LogP contribution in [0.1, 0.15) is 26.2 Å². The smallest absolute Gasteiger partial charge is 0.324 e. The van der Waals surface area contributed by atoms with Gasteiger partial charge in [0.25, 0.3) is 0 Å². The molecule has 0 radical (unpaired) electrons. The van der Waals surface area contributed by atoms with Crippen LogP contribution in [0.2, 0.25) is 5.02 Å². The van der Waals surface area contributed by atoms with Crippen LogP contribution in [0.3, 0.4) is 0 Å². The maximum atomic E-state index is 12.6. The van der Waals surface area contributed by atoms with Crippen LogP contribution in [0.15, 0.2) is 28.8 Å². The molecule has 3 heterocycles. The number of piperidine rings is 1. The summed E-state index contributed by atoms with van der Waals surface area (Å²) < 4.78 is 5.45. The molecule has 0 aliphatic carbocycles. The number of amides is 1. The Labute approximate surface area is 170 Å². The van der Waals surface area contributed by atoms with Gasteiger partial charge >= 0.3 is 6.01 Å². The maximum Gasteiger partial charge on any atom is 0.324 e. The van der Waals surface area contributed by atoms with Crippen LogP contribution >= 0.6 is 11.6 Å². The average molecular weight is 404 g/mol. The molecule has 1 aromatic heterocycles. The average Bonchev–Trinajstić information content (AvgIpc) is 3.19. The Hall–Kier alpha value is -2.12. The molecular formula is C20H26ClN5O2. The van der Waals surface area contributed by atoms with Crippen LogP contribution in [0.25, 0.3) is 11.4 Å². The van der Waals surface area contributed by atoms with Gasteiger partial charge in [-0.25, -0.2) is 0 Å². The van der Waals surface area contributed by atoms with Crippen molar-refractivity contribution in [2.45, 2.75) is 32.2 Å². The molecule has 0 bridgehead atoms. The van der Waals surface area contributed by atoms with Crippen molar-refractivity contribution >= 4 is 23.5 Å². The lowest BCUT2D eigenvalue weighted by atomic mass is 10.0. The highest BCUT2D eigenvalue weighted by molar-refractivity contribution is 6.30. The quantitative estimate of drug-likeness (QED) is 0.782. The molecule has 2 aliphatic heterocycles. The molecule has 1 atom stereocenters. The summed E-state index contributed by atoms with van der Waals surface area (Å²) >= 11 is 6.04. The van der Waals surface area contributed by atoms with Crippen LogP contribution in [0.4, 0.5) is 6.01 Å². The summed E-state index contributed by atoms with van der Waals surface area (Å²) in [5.41, 5.74) is 0.836. The minimum Gasteiger partial charge on any atom is -0.339 e. The highest BCUT2D eigenvalue weighted by Gasteiger charge is 2.27. The van der Waals surface area contributed by atoms with Crippen molar-refractivity contribution in [1.29, 1.82) is 0 Å². The summed E-state index contributed by atoms with van der Waals surface area (Å²) in [5.74, 6) is 0.788. The zero-order valence-electron chi connectivity index (χ0n) is 16.2. The molecule has 1 amide bonds. The van der Waals surface area contributed by atoms with E-state index in [1.807, 2.05) is 29.2 Å². The first-order chi connectivity index (χ1) is 13.6. The Balaban J connectivity index is 1.31. The number of piperazine rings is 1. The Kier molecular flexibility index (Phi) is 5.82. The molecule has 28 heavy (non-hydrogen) atoms. The predicted molar refractivity (Wildman–Crippen MR) is 108 cm³/mol. The second-order valence-electron chi connectivity index (χ2n) is 7.61. The van der Waals surface area contributed by atoms with Gasteiger partial charge < -0.3 is 14.3 Å². The lowest BCUT2D eigenvalue weighted by Gasteiger charge is -2.37. The number of anilines is 1. The third-order valence-corrected chi connectivity index (χ3v) is 5.86. The minimum absolute atomic E-state index is 0.252. The number of aromatic nitrogens is 2. The van der Waals surface area contributed by atoms with E-state index in [-0.39, 0.29) is 5.91 Å². The van der Waals surface area contributed by atoms with Gasteiger partial charge in [0.2, 0.25) is 11.7 Å². The largest absolute Gasteiger partial charge is 0.339 e. The van der Waals surface area contributed by atoms with Gasteiger partial charge in [-0.3, -0.25) is 9.69 Å². The molecule has 1 aromatic carbocycles. The van der Waals surface area contributed by atoms with E-state index in [4.69, 9.17) is 16.1 Å². The van der Waals surface area contributed by atoms with Gasteiger partial charge in [0, 0.05) is 49.4 Å². The number of nitrogens with zero attached hydrogens (tertiary/aromatic N) is 5. The fourth-order valence-electron chi connectivity index (χ4n) is 3.94. The van der Waals surface area contributed by atoms with E-state index in [0.29, 0.717) is 29.4 Å². The Morgan fingerprint density at radius 3 is 2.79 bits per heavy atom. The van der Waals surface area contributed by atoms with E-state index >= 15 is 0 Å². The second kappa shape index (κ2) is 8.49. The van der Waals surface area contributed by atoms with Gasteiger partial charge in [0.1, 0.15) is 0 Å². The summed E-state index contributed by atoms with van der Waals surface area (Å²) in [5, 5.41) is 4.72. The van der Waals surface area contributed by atoms with Gasteiger partial charge in [-0.05, 0) is 38.3 Å². The van der Waals surface area contributed by atoms with Gasteiger partial charge in [-0.1, -0.05) is 28.9 Å². The molecule has 7 nitrogen and oxygen atoms in total. The van der Waals surface area contributed by atoms with Crippen molar-refractivity contribution in [2.75, 3.05) is 44.2 Å². The number of hydrogen-bond acceptors (Lipinski definition) is 6. The second-order valence-corrected chi connectivity index (χ2v) is 8.04. The molecule has 2 aliphatic rings. The first-order valence-corrected chi connectivity index (χ1v) is 10.3. The van der Waals surface area contributed by atoms with Crippen molar-refractivity contribution in [2.24, 2.45) is 0 Å². The maximum absolute atomic E-state index is 12.6. The zero-order valence-corrected chi connectivity index (χ0v) is 16.9. The highest BCUT2D eigenvalue weighted by atomic mass is 35.5. The summed E-state index contributed by atoms with van der Waals surface area (Å²) in [6, 6.07) is 8.30. The molecule has 0 spiro atoms.